The Morgan fingerprint density at radius 2 is 2.31 bits per heavy atom. The summed E-state index contributed by atoms with van der Waals surface area (Å²) in [5.74, 6) is 0.430. The number of amides is 1. The minimum Gasteiger partial charge on any atom is -0.471 e. The minimum atomic E-state index is -0.438. The van der Waals surface area contributed by atoms with Crippen LogP contribution in [-0.4, -0.2) is 55.3 Å². The predicted molar refractivity (Wildman–Crippen MR) is 97.0 cm³/mol. The Morgan fingerprint density at radius 1 is 1.50 bits per heavy atom. The van der Waals surface area contributed by atoms with Crippen LogP contribution in [0.1, 0.15) is 29.5 Å². The van der Waals surface area contributed by atoms with E-state index in [0.717, 1.165) is 17.9 Å². The van der Waals surface area contributed by atoms with Crippen LogP contribution in [0, 0.1) is 12.7 Å². The number of halogens is 1. The van der Waals surface area contributed by atoms with Gasteiger partial charge in [-0.25, -0.2) is 9.37 Å². The number of pyridine rings is 1. The van der Waals surface area contributed by atoms with E-state index < -0.39 is 5.82 Å². The molecule has 6 nitrogen and oxygen atoms in total. The van der Waals surface area contributed by atoms with Gasteiger partial charge in [0.15, 0.2) is 5.82 Å². The molecule has 1 atom stereocenters. The molecule has 1 amide bonds. The van der Waals surface area contributed by atoms with Crippen molar-refractivity contribution in [2.24, 2.45) is 0 Å². The highest BCUT2D eigenvalue weighted by Gasteiger charge is 2.51. The maximum Gasteiger partial charge on any atom is 0.272 e. The first-order valence-corrected chi connectivity index (χ1v) is 9.73. The van der Waals surface area contributed by atoms with Gasteiger partial charge in [0.1, 0.15) is 11.8 Å². The number of aromatic nitrogens is 3. The van der Waals surface area contributed by atoms with Crippen LogP contribution < -0.4 is 4.74 Å². The highest BCUT2D eigenvalue weighted by Crippen LogP contribution is 2.46. The first kappa shape index (κ1) is 17.3. The zero-order chi connectivity index (χ0) is 18.3. The fraction of sp³-hybridized carbons (Fsp3) is 0.500. The molecule has 4 rings (SSSR count). The van der Waals surface area contributed by atoms with Crippen molar-refractivity contribution < 1.29 is 13.9 Å². The Morgan fingerprint density at radius 3 is 3.04 bits per heavy atom. The lowest BCUT2D eigenvalue weighted by molar-refractivity contribution is 0.0502. The molecule has 2 saturated heterocycles. The summed E-state index contributed by atoms with van der Waals surface area (Å²) in [4.78, 5) is 18.6. The zero-order valence-electron chi connectivity index (χ0n) is 14.8. The van der Waals surface area contributed by atoms with E-state index in [2.05, 4.69) is 10.1 Å². The Bertz CT molecular complexity index is 834. The molecule has 0 bridgehead atoms. The third-order valence-electron chi connectivity index (χ3n) is 4.84. The summed E-state index contributed by atoms with van der Waals surface area (Å²) in [6.45, 7) is 5.93. The number of thioether (sulfide) groups is 1. The highest BCUT2D eigenvalue weighted by atomic mass is 32.2. The van der Waals surface area contributed by atoms with Crippen molar-refractivity contribution in [3.63, 3.8) is 0 Å². The summed E-state index contributed by atoms with van der Waals surface area (Å²) in [6.07, 6.45) is 2.24. The fourth-order valence-corrected chi connectivity index (χ4v) is 5.15. The Kier molecular flexibility index (Phi) is 4.38. The van der Waals surface area contributed by atoms with E-state index in [9.17, 15) is 9.18 Å². The number of rotatable bonds is 4. The van der Waals surface area contributed by atoms with E-state index in [-0.39, 0.29) is 22.6 Å². The fourth-order valence-electron chi connectivity index (χ4n) is 3.63. The van der Waals surface area contributed by atoms with E-state index in [0.29, 0.717) is 25.3 Å². The molecule has 2 aromatic heterocycles. The van der Waals surface area contributed by atoms with Crippen molar-refractivity contribution in [1.29, 1.82) is 0 Å². The van der Waals surface area contributed by atoms with Crippen molar-refractivity contribution in [3.8, 4) is 5.88 Å². The lowest BCUT2D eigenvalue weighted by atomic mass is 9.92. The van der Waals surface area contributed by atoms with Gasteiger partial charge in [0.05, 0.1) is 10.4 Å². The molecular weight excluding hydrogens is 355 g/mol. The molecule has 2 aromatic rings. The number of ether oxygens (including phenoxy) is 1. The molecule has 1 spiro atoms. The van der Waals surface area contributed by atoms with Crippen molar-refractivity contribution in [1.82, 2.24) is 19.7 Å². The van der Waals surface area contributed by atoms with Crippen LogP contribution in [0.2, 0.25) is 0 Å². The van der Waals surface area contributed by atoms with Crippen molar-refractivity contribution in [2.45, 2.75) is 37.7 Å². The molecule has 2 fully saturated rings. The summed E-state index contributed by atoms with van der Waals surface area (Å²) >= 11 is 1.80. The number of hydrogen-bond donors (Lipinski definition) is 0. The predicted octanol–water partition coefficient (Wildman–Crippen LogP) is 2.52. The second-order valence-corrected chi connectivity index (χ2v) is 8.36. The van der Waals surface area contributed by atoms with Gasteiger partial charge in [-0.3, -0.25) is 9.48 Å². The maximum absolute atomic E-state index is 13.7. The SMILES string of the molecule is CCn1nc(C)cc1C(=O)N1CC2(CC(Oc3ncccc3F)CS2)C1. The lowest BCUT2D eigenvalue weighted by Crippen LogP contribution is -2.61. The van der Waals surface area contributed by atoms with Gasteiger partial charge in [0.2, 0.25) is 0 Å². The van der Waals surface area contributed by atoms with Gasteiger partial charge in [-0.2, -0.15) is 5.10 Å². The quantitative estimate of drug-likeness (QED) is 0.821. The van der Waals surface area contributed by atoms with Crippen LogP contribution in [0.25, 0.3) is 0 Å². The molecular formula is C18H21FN4O2S. The smallest absolute Gasteiger partial charge is 0.272 e. The van der Waals surface area contributed by atoms with Gasteiger partial charge in [-0.1, -0.05) is 0 Å². The molecule has 0 aliphatic carbocycles. The van der Waals surface area contributed by atoms with Crippen LogP contribution >= 0.6 is 11.8 Å². The number of nitrogens with zero attached hydrogens (tertiary/aromatic N) is 4. The summed E-state index contributed by atoms with van der Waals surface area (Å²) in [5, 5.41) is 4.35. The first-order valence-electron chi connectivity index (χ1n) is 8.74. The second kappa shape index (κ2) is 6.57. The molecule has 26 heavy (non-hydrogen) atoms. The molecule has 0 aromatic carbocycles. The average molecular weight is 376 g/mol. The molecule has 2 aliphatic rings. The molecule has 0 radical (unpaired) electrons. The third kappa shape index (κ3) is 3.06. The van der Waals surface area contributed by atoms with Gasteiger partial charge in [-0.05, 0) is 32.0 Å². The third-order valence-corrected chi connectivity index (χ3v) is 6.42. The summed E-state index contributed by atoms with van der Waals surface area (Å²) in [7, 11) is 0. The average Bonchev–Trinajstić information content (AvgIpc) is 3.18. The summed E-state index contributed by atoms with van der Waals surface area (Å²) in [5.41, 5.74) is 1.50. The van der Waals surface area contributed by atoms with Gasteiger partial charge in [0, 0.05) is 38.0 Å². The molecule has 8 heteroatoms. The number of aryl methyl sites for hydroxylation is 2. The molecule has 0 N–H and O–H groups in total. The minimum absolute atomic E-state index is 0.0116. The van der Waals surface area contributed by atoms with E-state index in [1.807, 2.05) is 24.8 Å². The number of hydrogen-bond acceptors (Lipinski definition) is 5. The monoisotopic (exact) mass is 376 g/mol. The normalized spacial score (nSPS) is 21.0. The standard InChI is InChI=1S/C18H21FN4O2S/c1-3-23-15(7-12(2)21-23)17(24)22-10-18(11-22)8-13(9-26-18)25-16-14(19)5-4-6-20-16/h4-7,13H,3,8-11H2,1-2H3. The Labute approximate surface area is 155 Å². The summed E-state index contributed by atoms with van der Waals surface area (Å²) < 4.78 is 21.2. The van der Waals surface area contributed by atoms with Crippen molar-refractivity contribution in [2.75, 3.05) is 18.8 Å². The van der Waals surface area contributed by atoms with Crippen LogP contribution in [0.4, 0.5) is 4.39 Å². The number of carbonyl (C=O) groups is 1. The van der Waals surface area contributed by atoms with Crippen LogP contribution in [0.15, 0.2) is 24.4 Å². The van der Waals surface area contributed by atoms with Gasteiger partial charge in [-0.15, -0.1) is 11.8 Å². The molecule has 2 aliphatic heterocycles. The van der Waals surface area contributed by atoms with Crippen molar-refractivity contribution >= 4 is 17.7 Å². The zero-order valence-corrected chi connectivity index (χ0v) is 15.6. The van der Waals surface area contributed by atoms with E-state index in [4.69, 9.17) is 4.74 Å². The Balaban J connectivity index is 1.37. The first-order chi connectivity index (χ1) is 12.5. The van der Waals surface area contributed by atoms with Crippen LogP contribution in [-0.2, 0) is 6.54 Å². The van der Waals surface area contributed by atoms with Crippen molar-refractivity contribution in [3.05, 3.63) is 41.6 Å². The summed E-state index contributed by atoms with van der Waals surface area (Å²) in [6, 6.07) is 4.74. The number of likely N-dealkylation sites (tertiary alicyclic amines) is 1. The molecule has 138 valence electrons. The number of carbonyl (C=O) groups excluding carboxylic acids is 1. The van der Waals surface area contributed by atoms with Crippen LogP contribution in [0.3, 0.4) is 0 Å². The molecule has 0 saturated carbocycles. The van der Waals surface area contributed by atoms with E-state index in [1.165, 1.54) is 12.3 Å². The van der Waals surface area contributed by atoms with Gasteiger partial charge in [0.25, 0.3) is 11.8 Å². The maximum atomic E-state index is 13.7. The van der Waals surface area contributed by atoms with E-state index >= 15 is 0 Å². The Hall–Kier alpha value is -2.09. The molecule has 1 unspecified atom stereocenters. The highest BCUT2D eigenvalue weighted by molar-refractivity contribution is 8.01. The van der Waals surface area contributed by atoms with Gasteiger partial charge >= 0.3 is 0 Å². The topological polar surface area (TPSA) is 60.2 Å². The molecule has 4 heterocycles. The van der Waals surface area contributed by atoms with Gasteiger partial charge < -0.3 is 9.64 Å². The lowest BCUT2D eigenvalue weighted by Gasteiger charge is -2.47. The second-order valence-electron chi connectivity index (χ2n) is 6.88. The largest absolute Gasteiger partial charge is 0.471 e. The van der Waals surface area contributed by atoms with Crippen LogP contribution in [0.5, 0.6) is 5.88 Å². The van der Waals surface area contributed by atoms with E-state index in [1.54, 1.807) is 22.5 Å².